The van der Waals surface area contributed by atoms with E-state index >= 15 is 0 Å². The third-order valence-corrected chi connectivity index (χ3v) is 6.81. The van der Waals surface area contributed by atoms with Gasteiger partial charge in [0.05, 0.1) is 19.0 Å². The Morgan fingerprint density at radius 1 is 1.00 bits per heavy atom. The van der Waals surface area contributed by atoms with Crippen LogP contribution in [0.2, 0.25) is 0 Å². The Morgan fingerprint density at radius 3 is 2.24 bits per heavy atom. The topological polar surface area (TPSA) is 75.7 Å². The molecular weight excluding hydrogens is 388 g/mol. The standard InChI is InChI=1S/C22H28N2O4S/c1-2-3-4-18-7-11-21(12-8-18)23-22(25)20-9-5-19(6-10-20)17-29(26,27)24-13-15-28-16-14-24/h5-12H,2-4,13-17H2,1H3,(H,23,25). The minimum Gasteiger partial charge on any atom is -0.379 e. The monoisotopic (exact) mass is 416 g/mol. The number of nitrogens with zero attached hydrogens (tertiary/aromatic N) is 1. The Labute approximate surface area is 172 Å². The largest absolute Gasteiger partial charge is 0.379 e. The van der Waals surface area contributed by atoms with E-state index in [2.05, 4.69) is 12.2 Å². The molecular formula is C22H28N2O4S. The summed E-state index contributed by atoms with van der Waals surface area (Å²) in [5.74, 6) is -0.289. The summed E-state index contributed by atoms with van der Waals surface area (Å²) in [6.45, 7) is 3.80. The van der Waals surface area contributed by atoms with E-state index in [1.807, 2.05) is 24.3 Å². The number of ether oxygens (including phenoxy) is 1. The van der Waals surface area contributed by atoms with Crippen LogP contribution in [0, 0.1) is 0 Å². The minimum absolute atomic E-state index is 0.0753. The van der Waals surface area contributed by atoms with Crippen LogP contribution in [0.15, 0.2) is 48.5 Å². The maximum atomic E-state index is 12.5. The molecule has 0 unspecified atom stereocenters. The van der Waals surface area contributed by atoms with Gasteiger partial charge >= 0.3 is 0 Å². The lowest BCUT2D eigenvalue weighted by molar-refractivity contribution is 0.0729. The Morgan fingerprint density at radius 2 is 1.62 bits per heavy atom. The van der Waals surface area contributed by atoms with Gasteiger partial charge in [0.15, 0.2) is 0 Å². The third kappa shape index (κ3) is 6.13. The Bertz CT molecular complexity index is 903. The average molecular weight is 417 g/mol. The molecule has 1 aliphatic rings. The Kier molecular flexibility index (Phi) is 7.41. The fourth-order valence-corrected chi connectivity index (χ4v) is 4.72. The fraction of sp³-hybridized carbons (Fsp3) is 0.409. The number of carbonyl (C=O) groups excluding carboxylic acids is 1. The zero-order valence-corrected chi connectivity index (χ0v) is 17.6. The quantitative estimate of drug-likeness (QED) is 0.715. The number of carbonyl (C=O) groups is 1. The second kappa shape index (κ2) is 10.0. The molecule has 6 nitrogen and oxygen atoms in total. The number of benzene rings is 2. The lowest BCUT2D eigenvalue weighted by atomic mass is 10.1. The van der Waals surface area contributed by atoms with Gasteiger partial charge in [-0.05, 0) is 48.2 Å². The number of amides is 1. The SMILES string of the molecule is CCCCc1ccc(NC(=O)c2ccc(CS(=O)(=O)N3CCOCC3)cc2)cc1. The van der Waals surface area contributed by atoms with E-state index in [0.717, 1.165) is 24.9 Å². The van der Waals surface area contributed by atoms with Crippen molar-refractivity contribution in [3.63, 3.8) is 0 Å². The molecule has 0 atom stereocenters. The normalized spacial score (nSPS) is 15.2. The molecule has 156 valence electrons. The number of hydrogen-bond donors (Lipinski definition) is 1. The zero-order chi connectivity index (χ0) is 20.7. The maximum Gasteiger partial charge on any atom is 0.255 e. The van der Waals surface area contributed by atoms with Gasteiger partial charge in [-0.3, -0.25) is 4.79 Å². The van der Waals surface area contributed by atoms with Crippen LogP contribution >= 0.6 is 0 Å². The molecule has 1 saturated heterocycles. The molecule has 1 aliphatic heterocycles. The number of unbranched alkanes of at least 4 members (excludes halogenated alkanes) is 1. The maximum absolute atomic E-state index is 12.5. The van der Waals surface area contributed by atoms with Crippen molar-refractivity contribution >= 4 is 21.6 Å². The smallest absolute Gasteiger partial charge is 0.255 e. The summed E-state index contributed by atoms with van der Waals surface area (Å²) in [6.07, 6.45) is 3.35. The number of nitrogens with one attached hydrogen (secondary N) is 1. The molecule has 0 aliphatic carbocycles. The second-order valence-electron chi connectivity index (χ2n) is 7.22. The minimum atomic E-state index is -3.38. The lowest BCUT2D eigenvalue weighted by Gasteiger charge is -2.26. The van der Waals surface area contributed by atoms with E-state index in [0.29, 0.717) is 37.4 Å². The predicted octanol–water partition coefficient (Wildman–Crippen LogP) is 3.44. The highest BCUT2D eigenvalue weighted by Crippen LogP contribution is 2.16. The third-order valence-electron chi connectivity index (χ3n) is 4.96. The van der Waals surface area contributed by atoms with Crippen LogP contribution < -0.4 is 5.32 Å². The number of rotatable bonds is 8. The molecule has 1 heterocycles. The van der Waals surface area contributed by atoms with Crippen molar-refractivity contribution in [2.24, 2.45) is 0 Å². The molecule has 2 aromatic carbocycles. The first-order chi connectivity index (χ1) is 14.0. The summed E-state index contributed by atoms with van der Waals surface area (Å²) in [6, 6.07) is 14.6. The first-order valence-electron chi connectivity index (χ1n) is 10.0. The van der Waals surface area contributed by atoms with E-state index in [1.54, 1.807) is 24.3 Å². The van der Waals surface area contributed by atoms with Gasteiger partial charge in [0.2, 0.25) is 10.0 Å². The van der Waals surface area contributed by atoms with Crippen molar-refractivity contribution in [3.05, 3.63) is 65.2 Å². The Hall–Kier alpha value is -2.22. The summed E-state index contributed by atoms with van der Waals surface area (Å²) in [7, 11) is -3.38. The molecule has 0 saturated carbocycles. The number of morpholine rings is 1. The molecule has 1 fully saturated rings. The van der Waals surface area contributed by atoms with Gasteiger partial charge in [-0.1, -0.05) is 37.6 Å². The second-order valence-corrected chi connectivity index (χ2v) is 9.19. The molecule has 0 radical (unpaired) electrons. The van der Waals surface area contributed by atoms with Crippen molar-refractivity contribution < 1.29 is 17.9 Å². The van der Waals surface area contributed by atoms with E-state index < -0.39 is 10.0 Å². The van der Waals surface area contributed by atoms with Crippen LogP contribution in [0.4, 0.5) is 5.69 Å². The van der Waals surface area contributed by atoms with Crippen molar-refractivity contribution in [1.82, 2.24) is 4.31 Å². The van der Waals surface area contributed by atoms with Gasteiger partial charge in [-0.2, -0.15) is 4.31 Å². The van der Waals surface area contributed by atoms with Gasteiger partial charge in [-0.25, -0.2) is 8.42 Å². The molecule has 1 N–H and O–H groups in total. The number of hydrogen-bond acceptors (Lipinski definition) is 4. The van der Waals surface area contributed by atoms with Gasteiger partial charge in [-0.15, -0.1) is 0 Å². The summed E-state index contributed by atoms with van der Waals surface area (Å²) >= 11 is 0. The van der Waals surface area contributed by atoms with Gasteiger partial charge in [0.25, 0.3) is 5.91 Å². The van der Waals surface area contributed by atoms with Crippen molar-refractivity contribution in [2.45, 2.75) is 31.9 Å². The zero-order valence-electron chi connectivity index (χ0n) is 16.8. The molecule has 3 rings (SSSR count). The van der Waals surface area contributed by atoms with E-state index in [9.17, 15) is 13.2 Å². The van der Waals surface area contributed by atoms with Crippen LogP contribution in [-0.2, 0) is 26.9 Å². The number of anilines is 1. The highest BCUT2D eigenvalue weighted by molar-refractivity contribution is 7.88. The summed E-state index contributed by atoms with van der Waals surface area (Å²) < 4.78 is 31.7. The van der Waals surface area contributed by atoms with E-state index in [4.69, 9.17) is 4.74 Å². The summed E-state index contributed by atoms with van der Waals surface area (Å²) in [5.41, 5.74) is 3.16. The lowest BCUT2D eigenvalue weighted by Crippen LogP contribution is -2.41. The molecule has 7 heteroatoms. The summed E-state index contributed by atoms with van der Waals surface area (Å²) in [4.78, 5) is 12.5. The molecule has 0 spiro atoms. The number of aryl methyl sites for hydroxylation is 1. The molecule has 29 heavy (non-hydrogen) atoms. The first-order valence-corrected chi connectivity index (χ1v) is 11.6. The van der Waals surface area contributed by atoms with Crippen LogP contribution in [0.25, 0.3) is 0 Å². The predicted molar refractivity (Wildman–Crippen MR) is 114 cm³/mol. The molecule has 0 bridgehead atoms. The highest BCUT2D eigenvalue weighted by Gasteiger charge is 2.24. The van der Waals surface area contributed by atoms with Crippen LogP contribution in [0.3, 0.4) is 0 Å². The fourth-order valence-electron chi connectivity index (χ4n) is 3.22. The highest BCUT2D eigenvalue weighted by atomic mass is 32.2. The van der Waals surface area contributed by atoms with Gasteiger partial charge < -0.3 is 10.1 Å². The molecule has 1 amide bonds. The molecule has 2 aromatic rings. The van der Waals surface area contributed by atoms with Crippen LogP contribution in [-0.4, -0.2) is 44.9 Å². The van der Waals surface area contributed by atoms with Crippen LogP contribution in [0.1, 0.15) is 41.3 Å². The van der Waals surface area contributed by atoms with Crippen molar-refractivity contribution in [1.29, 1.82) is 0 Å². The molecule has 0 aromatic heterocycles. The first kappa shape index (κ1) is 21.5. The number of sulfonamides is 1. The van der Waals surface area contributed by atoms with Gasteiger partial charge in [0, 0.05) is 24.3 Å². The van der Waals surface area contributed by atoms with Crippen molar-refractivity contribution in [2.75, 3.05) is 31.6 Å². The Balaban J connectivity index is 1.58. The van der Waals surface area contributed by atoms with E-state index in [1.165, 1.54) is 9.87 Å². The van der Waals surface area contributed by atoms with Crippen LogP contribution in [0.5, 0.6) is 0 Å². The summed E-state index contributed by atoms with van der Waals surface area (Å²) in [5, 5.41) is 2.88. The average Bonchev–Trinajstić information content (AvgIpc) is 2.74. The van der Waals surface area contributed by atoms with Gasteiger partial charge in [0.1, 0.15) is 0 Å². The van der Waals surface area contributed by atoms with E-state index in [-0.39, 0.29) is 11.7 Å². The van der Waals surface area contributed by atoms with Crippen molar-refractivity contribution in [3.8, 4) is 0 Å².